The van der Waals surface area contributed by atoms with Crippen LogP contribution in [-0.4, -0.2) is 53.2 Å². The predicted octanol–water partition coefficient (Wildman–Crippen LogP) is 2.79. The van der Waals surface area contributed by atoms with Crippen molar-refractivity contribution in [2.24, 2.45) is 0 Å². The van der Waals surface area contributed by atoms with Gasteiger partial charge < -0.3 is 15.0 Å². The molecule has 2 heterocycles. The molecule has 0 atom stereocenters. The lowest BCUT2D eigenvalue weighted by atomic mass is 10.1. The number of hydrogen-bond acceptors (Lipinski definition) is 5. The van der Waals surface area contributed by atoms with Gasteiger partial charge in [-0.1, -0.05) is 29.8 Å². The summed E-state index contributed by atoms with van der Waals surface area (Å²) in [6.45, 7) is 1.29. The zero-order valence-electron chi connectivity index (χ0n) is 17.6. The highest BCUT2D eigenvalue weighted by molar-refractivity contribution is 6.32. The fraction of sp³-hybridized carbons (Fsp3) is 0.304. The average Bonchev–Trinajstić information content (AvgIpc) is 2.83. The molecule has 0 saturated carbocycles. The molecule has 0 aliphatic carbocycles. The number of aromatic nitrogens is 2. The summed E-state index contributed by atoms with van der Waals surface area (Å²) in [4.78, 5) is 40.3. The first-order valence-electron chi connectivity index (χ1n) is 10.4. The van der Waals surface area contributed by atoms with E-state index in [1.807, 2.05) is 0 Å². The number of ether oxygens (including phenoxy) is 1. The average molecular weight is 455 g/mol. The van der Waals surface area contributed by atoms with Crippen LogP contribution in [0.4, 0.5) is 0 Å². The maximum absolute atomic E-state index is 13.1. The maximum atomic E-state index is 13.1. The van der Waals surface area contributed by atoms with Crippen LogP contribution in [0, 0.1) is 0 Å². The Hall–Kier alpha value is -3.39. The lowest BCUT2D eigenvalue weighted by Gasteiger charge is -2.26. The number of rotatable bonds is 5. The number of piperidine rings is 1. The van der Waals surface area contributed by atoms with Crippen LogP contribution in [0.3, 0.4) is 0 Å². The van der Waals surface area contributed by atoms with E-state index in [1.165, 1.54) is 7.11 Å². The Morgan fingerprint density at radius 2 is 1.81 bits per heavy atom. The molecule has 1 fully saturated rings. The molecule has 32 heavy (non-hydrogen) atoms. The number of fused-ring (bicyclic) bond motifs is 1. The largest absolute Gasteiger partial charge is 0.495 e. The summed E-state index contributed by atoms with van der Waals surface area (Å²) in [5.74, 6) is -0.198. The number of methoxy groups -OCH3 is 1. The number of carbonyl (C=O) groups is 2. The summed E-state index contributed by atoms with van der Waals surface area (Å²) in [5.41, 5.74) is 0.0614. The smallest absolute Gasteiger partial charge is 0.279 e. The molecule has 8 nitrogen and oxygen atoms in total. The molecule has 1 N–H and O–H groups in total. The zero-order chi connectivity index (χ0) is 22.7. The molecular formula is C23H23ClN4O4. The van der Waals surface area contributed by atoms with E-state index in [0.29, 0.717) is 40.3 Å². The Kier molecular flexibility index (Phi) is 6.41. The van der Waals surface area contributed by atoms with Gasteiger partial charge in [-0.25, -0.2) is 0 Å². The second-order valence-electron chi connectivity index (χ2n) is 7.55. The fourth-order valence-electron chi connectivity index (χ4n) is 3.81. The zero-order valence-corrected chi connectivity index (χ0v) is 18.4. The Labute approximate surface area is 189 Å². The van der Waals surface area contributed by atoms with Crippen LogP contribution in [0.25, 0.3) is 16.5 Å². The summed E-state index contributed by atoms with van der Waals surface area (Å²) < 4.78 is 6.30. The van der Waals surface area contributed by atoms with E-state index < -0.39 is 5.91 Å². The number of likely N-dealkylation sites (tertiary alicyclic amines) is 1. The van der Waals surface area contributed by atoms with Gasteiger partial charge in [0, 0.05) is 18.5 Å². The van der Waals surface area contributed by atoms with E-state index >= 15 is 0 Å². The molecule has 2 aromatic carbocycles. The molecule has 1 aromatic heterocycles. The summed E-state index contributed by atoms with van der Waals surface area (Å²) >= 11 is 6.22. The van der Waals surface area contributed by atoms with E-state index in [4.69, 9.17) is 16.3 Å². The second-order valence-corrected chi connectivity index (χ2v) is 7.96. The van der Waals surface area contributed by atoms with E-state index in [1.54, 1.807) is 47.4 Å². The van der Waals surface area contributed by atoms with E-state index in [0.717, 1.165) is 23.9 Å². The highest BCUT2D eigenvalue weighted by Crippen LogP contribution is 2.26. The van der Waals surface area contributed by atoms with Crippen molar-refractivity contribution in [1.82, 2.24) is 20.0 Å². The quantitative estimate of drug-likeness (QED) is 0.639. The topological polar surface area (TPSA) is 93.5 Å². The van der Waals surface area contributed by atoms with Crippen molar-refractivity contribution in [1.29, 1.82) is 0 Å². The van der Waals surface area contributed by atoms with Crippen molar-refractivity contribution in [2.75, 3.05) is 26.7 Å². The Morgan fingerprint density at radius 1 is 1.09 bits per heavy atom. The lowest BCUT2D eigenvalue weighted by molar-refractivity contribution is -0.130. The standard InChI is InChI=1S/C23H23ClN4O4/c1-32-19-10-9-15(13-18(19)24)28-23(31)17-8-4-3-7-16(17)21(26-28)22(30)25-14-20(29)27-11-5-2-6-12-27/h3-4,7-10,13H,2,5-6,11-12,14H2,1H3,(H,25,30). The second kappa shape index (κ2) is 9.40. The molecule has 1 aliphatic rings. The van der Waals surface area contributed by atoms with Crippen LogP contribution in [0.15, 0.2) is 47.3 Å². The number of nitrogens with zero attached hydrogens (tertiary/aromatic N) is 3. The van der Waals surface area contributed by atoms with Gasteiger partial charge in [-0.15, -0.1) is 0 Å². The fourth-order valence-corrected chi connectivity index (χ4v) is 4.07. The number of hydrogen-bond donors (Lipinski definition) is 1. The molecule has 1 aliphatic heterocycles. The van der Waals surface area contributed by atoms with Crippen molar-refractivity contribution in [3.05, 3.63) is 63.5 Å². The minimum atomic E-state index is -0.528. The van der Waals surface area contributed by atoms with Crippen LogP contribution < -0.4 is 15.6 Å². The molecule has 2 amide bonds. The minimum Gasteiger partial charge on any atom is -0.495 e. The van der Waals surface area contributed by atoms with Crippen molar-refractivity contribution in [2.45, 2.75) is 19.3 Å². The first kappa shape index (κ1) is 21.8. The van der Waals surface area contributed by atoms with Crippen molar-refractivity contribution in [3.8, 4) is 11.4 Å². The van der Waals surface area contributed by atoms with Gasteiger partial charge in [0.25, 0.3) is 11.5 Å². The molecule has 166 valence electrons. The summed E-state index contributed by atoms with van der Waals surface area (Å²) in [6, 6.07) is 11.6. The van der Waals surface area contributed by atoms with Gasteiger partial charge in [0.1, 0.15) is 5.75 Å². The predicted molar refractivity (Wildman–Crippen MR) is 122 cm³/mol. The number of nitrogens with one attached hydrogen (secondary N) is 1. The van der Waals surface area contributed by atoms with Gasteiger partial charge in [0.05, 0.1) is 29.8 Å². The lowest BCUT2D eigenvalue weighted by Crippen LogP contribution is -2.43. The van der Waals surface area contributed by atoms with Crippen molar-refractivity contribution < 1.29 is 14.3 Å². The van der Waals surface area contributed by atoms with E-state index in [2.05, 4.69) is 10.4 Å². The number of carbonyl (C=O) groups excluding carboxylic acids is 2. The summed E-state index contributed by atoms with van der Waals surface area (Å²) in [6.07, 6.45) is 3.06. The van der Waals surface area contributed by atoms with Crippen LogP contribution in [0.5, 0.6) is 5.75 Å². The van der Waals surface area contributed by atoms with Crippen LogP contribution in [0.1, 0.15) is 29.8 Å². The number of amides is 2. The highest BCUT2D eigenvalue weighted by atomic mass is 35.5. The SMILES string of the molecule is COc1ccc(-n2nc(C(=O)NCC(=O)N3CCCCC3)c3ccccc3c2=O)cc1Cl. The molecule has 0 bridgehead atoms. The Bertz CT molecular complexity index is 1230. The van der Waals surface area contributed by atoms with Gasteiger partial charge >= 0.3 is 0 Å². The molecule has 9 heteroatoms. The first-order valence-corrected chi connectivity index (χ1v) is 10.8. The maximum Gasteiger partial charge on any atom is 0.279 e. The normalized spacial score (nSPS) is 13.8. The van der Waals surface area contributed by atoms with E-state index in [-0.39, 0.29) is 23.7 Å². The monoisotopic (exact) mass is 454 g/mol. The third kappa shape index (κ3) is 4.31. The van der Waals surface area contributed by atoms with Crippen molar-refractivity contribution in [3.63, 3.8) is 0 Å². The third-order valence-corrected chi connectivity index (χ3v) is 5.80. The molecule has 3 aromatic rings. The Morgan fingerprint density at radius 3 is 2.50 bits per heavy atom. The highest BCUT2D eigenvalue weighted by Gasteiger charge is 2.21. The van der Waals surface area contributed by atoms with E-state index in [9.17, 15) is 14.4 Å². The summed E-state index contributed by atoms with van der Waals surface area (Å²) in [7, 11) is 1.49. The molecular weight excluding hydrogens is 432 g/mol. The van der Waals surface area contributed by atoms with Crippen molar-refractivity contribution >= 4 is 34.2 Å². The first-order chi connectivity index (χ1) is 15.5. The van der Waals surface area contributed by atoms with Gasteiger partial charge in [0.2, 0.25) is 5.91 Å². The number of halogens is 1. The van der Waals surface area contributed by atoms with Gasteiger partial charge in [0.15, 0.2) is 5.69 Å². The molecule has 0 unspecified atom stereocenters. The molecule has 0 radical (unpaired) electrons. The van der Waals surface area contributed by atoms with Crippen LogP contribution in [-0.2, 0) is 4.79 Å². The molecule has 4 rings (SSSR count). The summed E-state index contributed by atoms with van der Waals surface area (Å²) in [5, 5.41) is 8.05. The molecule has 0 spiro atoms. The molecule has 1 saturated heterocycles. The van der Waals surface area contributed by atoms with Gasteiger partial charge in [-0.2, -0.15) is 9.78 Å². The Balaban J connectivity index is 1.68. The number of benzene rings is 2. The van der Waals surface area contributed by atoms with Gasteiger partial charge in [-0.05, 0) is 43.5 Å². The van der Waals surface area contributed by atoms with Crippen LogP contribution >= 0.6 is 11.6 Å². The third-order valence-electron chi connectivity index (χ3n) is 5.51. The minimum absolute atomic E-state index is 0.0542. The van der Waals surface area contributed by atoms with Crippen LogP contribution in [0.2, 0.25) is 5.02 Å². The van der Waals surface area contributed by atoms with Gasteiger partial charge in [-0.3, -0.25) is 14.4 Å².